The fraction of sp³-hybridized carbons (Fsp3) is 0.556. The van der Waals surface area contributed by atoms with E-state index in [2.05, 4.69) is 5.10 Å². The van der Waals surface area contributed by atoms with Crippen molar-refractivity contribution in [3.63, 3.8) is 0 Å². The lowest BCUT2D eigenvalue weighted by Gasteiger charge is -2.22. The number of nitrogen functional groups attached to an aromatic ring is 1. The number of amides is 1. The molecule has 0 spiro atoms. The number of hydrogen-bond donors (Lipinski definition) is 1. The molecule has 17 heavy (non-hydrogen) atoms. The molecular weight excluding hydrogens is 237 g/mol. The molecule has 1 amide bonds. The van der Waals surface area contributed by atoms with Crippen molar-refractivity contribution >= 4 is 11.7 Å². The predicted octanol–water partition coefficient (Wildman–Crippen LogP) is 1.05. The largest absolute Gasteiger partial charge is 0.406 e. The second-order valence-corrected chi connectivity index (χ2v) is 3.71. The Morgan fingerprint density at radius 1 is 1.65 bits per heavy atom. The smallest absolute Gasteiger partial charge is 0.382 e. The van der Waals surface area contributed by atoms with Gasteiger partial charge < -0.3 is 10.6 Å². The van der Waals surface area contributed by atoms with Gasteiger partial charge in [-0.2, -0.15) is 18.3 Å². The van der Waals surface area contributed by atoms with E-state index in [4.69, 9.17) is 5.73 Å². The second-order valence-electron chi connectivity index (χ2n) is 3.71. The second kappa shape index (κ2) is 4.64. The number of likely N-dealkylation sites (N-methyl/N-ethyl adjacent to an activating group) is 1. The van der Waals surface area contributed by atoms with Gasteiger partial charge in [0.15, 0.2) is 0 Å². The number of alkyl halides is 3. The first-order chi connectivity index (χ1) is 7.70. The third kappa shape index (κ3) is 3.65. The Bertz CT molecular complexity index is 401. The fourth-order valence-electron chi connectivity index (χ4n) is 1.35. The van der Waals surface area contributed by atoms with Crippen LogP contribution >= 0.6 is 0 Å². The van der Waals surface area contributed by atoms with Crippen LogP contribution in [-0.2, 0) is 4.79 Å². The van der Waals surface area contributed by atoms with Crippen molar-refractivity contribution in [1.82, 2.24) is 14.7 Å². The summed E-state index contributed by atoms with van der Waals surface area (Å²) in [6.07, 6.45) is -2.97. The summed E-state index contributed by atoms with van der Waals surface area (Å²) in [5.74, 6) is -0.464. The maximum absolute atomic E-state index is 12.1. The van der Waals surface area contributed by atoms with Gasteiger partial charge in [0.25, 0.3) is 0 Å². The highest BCUT2D eigenvalue weighted by atomic mass is 19.4. The Hall–Kier alpha value is -1.73. The molecule has 0 aromatic carbocycles. The molecule has 0 aliphatic carbocycles. The van der Waals surface area contributed by atoms with E-state index in [1.165, 1.54) is 23.9 Å². The zero-order chi connectivity index (χ0) is 13.2. The molecule has 2 N–H and O–H groups in total. The van der Waals surface area contributed by atoms with Crippen LogP contribution in [0.25, 0.3) is 0 Å². The number of anilines is 1. The van der Waals surface area contributed by atoms with Crippen LogP contribution in [0.2, 0.25) is 0 Å². The normalized spacial score (nSPS) is 13.5. The topological polar surface area (TPSA) is 64.2 Å². The van der Waals surface area contributed by atoms with E-state index in [-0.39, 0.29) is 5.82 Å². The number of carbonyl (C=O) groups excluding carboxylic acids is 1. The summed E-state index contributed by atoms with van der Waals surface area (Å²) < 4.78 is 37.5. The highest BCUT2D eigenvalue weighted by molar-refractivity contribution is 5.79. The monoisotopic (exact) mass is 250 g/mol. The summed E-state index contributed by atoms with van der Waals surface area (Å²) in [6, 6.07) is 0.646. The zero-order valence-corrected chi connectivity index (χ0v) is 9.40. The molecule has 1 rings (SSSR count). The number of nitrogens with two attached hydrogens (primary N) is 1. The summed E-state index contributed by atoms with van der Waals surface area (Å²) in [4.78, 5) is 12.3. The van der Waals surface area contributed by atoms with Gasteiger partial charge in [0, 0.05) is 13.2 Å². The maximum Gasteiger partial charge on any atom is 0.406 e. The summed E-state index contributed by atoms with van der Waals surface area (Å²) in [7, 11) is 1.10. The molecule has 1 unspecified atom stereocenters. The molecule has 0 aliphatic rings. The number of nitrogens with zero attached hydrogens (tertiary/aromatic N) is 3. The first kappa shape index (κ1) is 13.3. The van der Waals surface area contributed by atoms with Crippen LogP contribution < -0.4 is 5.73 Å². The first-order valence-electron chi connectivity index (χ1n) is 4.83. The number of aromatic nitrogens is 2. The van der Waals surface area contributed by atoms with Crippen LogP contribution in [0.4, 0.5) is 19.0 Å². The van der Waals surface area contributed by atoms with E-state index < -0.39 is 24.7 Å². The van der Waals surface area contributed by atoms with Crippen LogP contribution in [0.5, 0.6) is 0 Å². The van der Waals surface area contributed by atoms with Crippen molar-refractivity contribution in [2.45, 2.75) is 19.1 Å². The number of carbonyl (C=O) groups is 1. The Morgan fingerprint density at radius 2 is 2.24 bits per heavy atom. The number of rotatable bonds is 3. The van der Waals surface area contributed by atoms with E-state index in [9.17, 15) is 18.0 Å². The van der Waals surface area contributed by atoms with E-state index in [0.29, 0.717) is 4.90 Å². The molecule has 0 radical (unpaired) electrons. The van der Waals surface area contributed by atoms with E-state index in [1.807, 2.05) is 0 Å². The molecule has 1 atom stereocenters. The third-order valence-electron chi connectivity index (χ3n) is 2.18. The van der Waals surface area contributed by atoms with Crippen LogP contribution in [0.15, 0.2) is 12.3 Å². The van der Waals surface area contributed by atoms with Crippen LogP contribution in [0, 0.1) is 0 Å². The maximum atomic E-state index is 12.1. The standard InChI is InChI=1S/C9H13F3N4O/c1-6(16-4-3-7(13)14-16)8(17)15(2)5-9(10,11)12/h3-4,6H,5H2,1-2H3,(H2,13,14). The molecule has 0 bridgehead atoms. The fourth-order valence-corrected chi connectivity index (χ4v) is 1.35. The lowest BCUT2D eigenvalue weighted by Crippen LogP contribution is -2.39. The minimum Gasteiger partial charge on any atom is -0.382 e. The summed E-state index contributed by atoms with van der Waals surface area (Å²) in [6.45, 7) is 0.175. The quantitative estimate of drug-likeness (QED) is 0.872. The van der Waals surface area contributed by atoms with Gasteiger partial charge in [-0.15, -0.1) is 0 Å². The minimum absolute atomic E-state index is 0.211. The minimum atomic E-state index is -4.41. The summed E-state index contributed by atoms with van der Waals surface area (Å²) >= 11 is 0. The third-order valence-corrected chi connectivity index (χ3v) is 2.18. The van der Waals surface area contributed by atoms with Crippen molar-refractivity contribution in [3.05, 3.63) is 12.3 Å². The van der Waals surface area contributed by atoms with Crippen molar-refractivity contribution in [3.8, 4) is 0 Å². The van der Waals surface area contributed by atoms with Gasteiger partial charge in [-0.25, -0.2) is 0 Å². The van der Waals surface area contributed by atoms with Gasteiger partial charge >= 0.3 is 6.18 Å². The average molecular weight is 250 g/mol. The van der Waals surface area contributed by atoms with Crippen LogP contribution in [0.1, 0.15) is 13.0 Å². The SMILES string of the molecule is CC(C(=O)N(C)CC(F)(F)F)n1ccc(N)n1. The molecule has 0 saturated heterocycles. The van der Waals surface area contributed by atoms with Gasteiger partial charge in [-0.1, -0.05) is 0 Å². The van der Waals surface area contributed by atoms with E-state index in [1.54, 1.807) is 0 Å². The molecule has 5 nitrogen and oxygen atoms in total. The molecule has 96 valence electrons. The number of hydrogen-bond acceptors (Lipinski definition) is 3. The molecule has 1 aromatic heterocycles. The molecule has 0 aliphatic heterocycles. The van der Waals surface area contributed by atoms with Crippen molar-refractivity contribution < 1.29 is 18.0 Å². The van der Waals surface area contributed by atoms with Crippen LogP contribution in [-0.4, -0.2) is 40.4 Å². The Labute approximate surface area is 96.0 Å². The van der Waals surface area contributed by atoms with Gasteiger partial charge in [0.1, 0.15) is 18.4 Å². The average Bonchev–Trinajstić information content (AvgIpc) is 2.60. The van der Waals surface area contributed by atoms with Crippen molar-refractivity contribution in [2.75, 3.05) is 19.3 Å². The highest BCUT2D eigenvalue weighted by Gasteiger charge is 2.32. The van der Waals surface area contributed by atoms with Crippen molar-refractivity contribution in [1.29, 1.82) is 0 Å². The highest BCUT2D eigenvalue weighted by Crippen LogP contribution is 2.18. The van der Waals surface area contributed by atoms with E-state index in [0.717, 1.165) is 7.05 Å². The van der Waals surface area contributed by atoms with Gasteiger partial charge in [-0.3, -0.25) is 9.48 Å². The van der Waals surface area contributed by atoms with E-state index >= 15 is 0 Å². The van der Waals surface area contributed by atoms with Gasteiger partial charge in [0.05, 0.1) is 0 Å². The molecule has 0 fully saturated rings. The molecular formula is C9H13F3N4O. The molecule has 8 heteroatoms. The summed E-state index contributed by atoms with van der Waals surface area (Å²) in [5.41, 5.74) is 5.36. The Morgan fingerprint density at radius 3 is 2.65 bits per heavy atom. The van der Waals surface area contributed by atoms with Crippen molar-refractivity contribution in [2.24, 2.45) is 0 Å². The molecule has 1 heterocycles. The summed E-state index contributed by atoms with van der Waals surface area (Å²) in [5, 5.41) is 3.78. The lowest BCUT2D eigenvalue weighted by molar-refractivity contribution is -0.160. The predicted molar refractivity (Wildman–Crippen MR) is 55.0 cm³/mol. The lowest BCUT2D eigenvalue weighted by atomic mass is 10.3. The Kier molecular flexibility index (Phi) is 3.64. The Balaban J connectivity index is 2.70. The molecule has 1 aromatic rings. The van der Waals surface area contributed by atoms with Crippen LogP contribution in [0.3, 0.4) is 0 Å². The molecule has 0 saturated carbocycles. The van der Waals surface area contributed by atoms with Gasteiger partial charge in [0.2, 0.25) is 5.91 Å². The van der Waals surface area contributed by atoms with Gasteiger partial charge in [-0.05, 0) is 13.0 Å². The first-order valence-corrected chi connectivity index (χ1v) is 4.83. The number of halogens is 3. The zero-order valence-electron chi connectivity index (χ0n) is 9.40.